The van der Waals surface area contributed by atoms with Crippen molar-refractivity contribution in [3.8, 4) is 5.69 Å². The first-order valence-electron chi connectivity index (χ1n) is 4.32. The van der Waals surface area contributed by atoms with Crippen molar-refractivity contribution in [2.24, 2.45) is 0 Å². The number of rotatable bonds is 1. The maximum absolute atomic E-state index is 13.4. The van der Waals surface area contributed by atoms with Crippen LogP contribution in [0.15, 0.2) is 24.3 Å². The van der Waals surface area contributed by atoms with Crippen LogP contribution in [0.3, 0.4) is 0 Å². The number of hydrogen-bond donors (Lipinski definition) is 1. The molecule has 15 heavy (non-hydrogen) atoms. The molecule has 0 fully saturated rings. The lowest BCUT2D eigenvalue weighted by molar-refractivity contribution is 0.573. The molecule has 2 aromatic rings. The zero-order chi connectivity index (χ0) is 11.0. The summed E-state index contributed by atoms with van der Waals surface area (Å²) in [4.78, 5) is 0. The van der Waals surface area contributed by atoms with E-state index in [1.165, 1.54) is 16.8 Å². The molecule has 1 aromatic heterocycles. The highest BCUT2D eigenvalue weighted by atomic mass is 32.1. The number of nitrogens with zero attached hydrogens (tertiary/aromatic N) is 1. The Kier molecular flexibility index (Phi) is 2.40. The molecular formula is C10H8F2N2S. The molecule has 0 amide bonds. The topological polar surface area (TPSA) is 20.7 Å². The fourth-order valence-corrected chi connectivity index (χ4v) is 1.68. The summed E-state index contributed by atoms with van der Waals surface area (Å²) < 4.78 is 27.9. The third kappa shape index (κ3) is 1.83. The van der Waals surface area contributed by atoms with Crippen LogP contribution in [0.2, 0.25) is 0 Å². The number of hydrogen-bond acceptors (Lipinski definition) is 1. The maximum atomic E-state index is 13.4. The first-order valence-corrected chi connectivity index (χ1v) is 4.73. The molecule has 1 N–H and O–H groups in total. The highest BCUT2D eigenvalue weighted by Crippen LogP contribution is 2.15. The van der Waals surface area contributed by atoms with Gasteiger partial charge in [-0.2, -0.15) is 0 Å². The van der Waals surface area contributed by atoms with Gasteiger partial charge in [0.25, 0.3) is 0 Å². The zero-order valence-corrected chi connectivity index (χ0v) is 8.74. The Morgan fingerprint density at radius 1 is 1.27 bits per heavy atom. The molecule has 0 unspecified atom stereocenters. The predicted octanol–water partition coefficient (Wildman–Crippen LogP) is 3.12. The van der Waals surface area contributed by atoms with Crippen LogP contribution in [0, 0.1) is 23.2 Å². The number of aromatic amines is 1. The molecule has 5 heteroatoms. The van der Waals surface area contributed by atoms with Gasteiger partial charge in [-0.1, -0.05) is 12.2 Å². The highest BCUT2D eigenvalue weighted by molar-refractivity contribution is 7.71. The standard InChI is InChI=1S/C10H8F2N2S/c1-6-4-10(15)14(13-6)9-3-2-7(11)5-8(9)12/h2-5,13H,1H3. The molecule has 0 bridgehead atoms. The van der Waals surface area contributed by atoms with Crippen molar-refractivity contribution >= 4 is 12.2 Å². The fraction of sp³-hybridized carbons (Fsp3) is 0.100. The number of nitrogens with one attached hydrogen (secondary N) is 1. The van der Waals surface area contributed by atoms with Crippen LogP contribution in [-0.2, 0) is 0 Å². The molecule has 2 nitrogen and oxygen atoms in total. The van der Waals surface area contributed by atoms with Crippen molar-refractivity contribution in [1.29, 1.82) is 0 Å². The van der Waals surface area contributed by atoms with Crippen LogP contribution in [0.1, 0.15) is 5.69 Å². The zero-order valence-electron chi connectivity index (χ0n) is 7.92. The smallest absolute Gasteiger partial charge is 0.151 e. The molecule has 78 valence electrons. The first kappa shape index (κ1) is 10.0. The van der Waals surface area contributed by atoms with E-state index in [1.807, 2.05) is 6.92 Å². The second kappa shape index (κ2) is 3.58. The van der Waals surface area contributed by atoms with Gasteiger partial charge in [-0.3, -0.25) is 5.10 Å². The van der Waals surface area contributed by atoms with E-state index in [0.717, 1.165) is 11.8 Å². The average molecular weight is 226 g/mol. The second-order valence-corrected chi connectivity index (χ2v) is 3.63. The van der Waals surface area contributed by atoms with Gasteiger partial charge < -0.3 is 0 Å². The number of benzene rings is 1. The SMILES string of the molecule is Cc1cc(=S)n(-c2ccc(F)cc2F)[nH]1. The van der Waals surface area contributed by atoms with Crippen molar-refractivity contribution in [3.63, 3.8) is 0 Å². The molecular weight excluding hydrogens is 218 g/mol. The van der Waals surface area contributed by atoms with Gasteiger partial charge in [0.2, 0.25) is 0 Å². The second-order valence-electron chi connectivity index (χ2n) is 3.21. The number of aromatic nitrogens is 2. The molecule has 0 aliphatic carbocycles. The summed E-state index contributed by atoms with van der Waals surface area (Å²) in [7, 11) is 0. The molecule has 0 saturated carbocycles. The molecule has 0 radical (unpaired) electrons. The van der Waals surface area contributed by atoms with Crippen molar-refractivity contribution in [2.75, 3.05) is 0 Å². The molecule has 0 atom stereocenters. The van der Waals surface area contributed by atoms with Gasteiger partial charge in [0.15, 0.2) is 5.82 Å². The van der Waals surface area contributed by atoms with Gasteiger partial charge in [0.05, 0.1) is 5.69 Å². The van der Waals surface area contributed by atoms with Crippen LogP contribution in [-0.4, -0.2) is 9.78 Å². The van der Waals surface area contributed by atoms with E-state index in [-0.39, 0.29) is 5.69 Å². The number of H-pyrrole nitrogens is 1. The largest absolute Gasteiger partial charge is 0.297 e. The van der Waals surface area contributed by atoms with E-state index in [9.17, 15) is 8.78 Å². The molecule has 0 saturated heterocycles. The average Bonchev–Trinajstić information content (AvgIpc) is 2.45. The Morgan fingerprint density at radius 2 is 2.00 bits per heavy atom. The Morgan fingerprint density at radius 3 is 2.53 bits per heavy atom. The van der Waals surface area contributed by atoms with Gasteiger partial charge in [-0.15, -0.1) is 0 Å². The minimum absolute atomic E-state index is 0.217. The van der Waals surface area contributed by atoms with Gasteiger partial charge >= 0.3 is 0 Å². The Bertz CT molecular complexity index is 557. The van der Waals surface area contributed by atoms with Crippen molar-refractivity contribution in [1.82, 2.24) is 9.78 Å². The normalized spacial score (nSPS) is 10.6. The Balaban J connectivity index is 2.64. The molecule has 0 aliphatic rings. The van der Waals surface area contributed by atoms with E-state index in [2.05, 4.69) is 5.10 Å². The summed E-state index contributed by atoms with van der Waals surface area (Å²) in [5, 5.41) is 2.87. The van der Waals surface area contributed by atoms with Crippen LogP contribution < -0.4 is 0 Å². The monoisotopic (exact) mass is 226 g/mol. The molecule has 0 spiro atoms. The van der Waals surface area contributed by atoms with Gasteiger partial charge in [0, 0.05) is 11.8 Å². The van der Waals surface area contributed by atoms with E-state index in [1.54, 1.807) is 6.07 Å². The summed E-state index contributed by atoms with van der Waals surface area (Å²) in [6.07, 6.45) is 0. The van der Waals surface area contributed by atoms with Gasteiger partial charge in [0.1, 0.15) is 10.5 Å². The Hall–Kier alpha value is -1.49. The summed E-state index contributed by atoms with van der Waals surface area (Å²) in [6, 6.07) is 5.07. The summed E-state index contributed by atoms with van der Waals surface area (Å²) in [6.45, 7) is 1.81. The van der Waals surface area contributed by atoms with Crippen LogP contribution >= 0.6 is 12.2 Å². The van der Waals surface area contributed by atoms with E-state index in [0.29, 0.717) is 4.64 Å². The van der Waals surface area contributed by atoms with E-state index >= 15 is 0 Å². The minimum Gasteiger partial charge on any atom is -0.297 e. The van der Waals surface area contributed by atoms with E-state index in [4.69, 9.17) is 12.2 Å². The minimum atomic E-state index is -0.645. The predicted molar refractivity (Wildman–Crippen MR) is 55.6 cm³/mol. The quantitative estimate of drug-likeness (QED) is 0.741. The van der Waals surface area contributed by atoms with Gasteiger partial charge in [-0.05, 0) is 25.1 Å². The molecule has 1 heterocycles. The number of halogens is 2. The molecule has 1 aromatic carbocycles. The summed E-state index contributed by atoms with van der Waals surface area (Å²) >= 11 is 5.02. The van der Waals surface area contributed by atoms with Crippen molar-refractivity contribution < 1.29 is 8.78 Å². The lowest BCUT2D eigenvalue weighted by atomic mass is 10.3. The van der Waals surface area contributed by atoms with E-state index < -0.39 is 11.6 Å². The third-order valence-electron chi connectivity index (χ3n) is 2.00. The Labute approximate surface area is 90.2 Å². The highest BCUT2D eigenvalue weighted by Gasteiger charge is 2.07. The van der Waals surface area contributed by atoms with Gasteiger partial charge in [-0.25, -0.2) is 13.5 Å². The molecule has 2 rings (SSSR count). The number of aryl methyl sites for hydroxylation is 1. The third-order valence-corrected chi connectivity index (χ3v) is 2.30. The summed E-state index contributed by atoms with van der Waals surface area (Å²) in [5.74, 6) is -1.25. The van der Waals surface area contributed by atoms with Crippen molar-refractivity contribution in [3.05, 3.63) is 46.2 Å². The lowest BCUT2D eigenvalue weighted by Crippen LogP contribution is -2.00. The fourth-order valence-electron chi connectivity index (χ4n) is 1.36. The van der Waals surface area contributed by atoms with Crippen LogP contribution in [0.4, 0.5) is 8.78 Å². The van der Waals surface area contributed by atoms with Crippen molar-refractivity contribution in [2.45, 2.75) is 6.92 Å². The maximum Gasteiger partial charge on any atom is 0.151 e. The van der Waals surface area contributed by atoms with Crippen LogP contribution in [0.25, 0.3) is 5.69 Å². The van der Waals surface area contributed by atoms with Crippen LogP contribution in [0.5, 0.6) is 0 Å². The summed E-state index contributed by atoms with van der Waals surface area (Å²) in [5.41, 5.74) is 1.04. The lowest BCUT2D eigenvalue weighted by Gasteiger charge is -2.04. The molecule has 0 aliphatic heterocycles. The first-order chi connectivity index (χ1) is 7.08.